The molecule has 1 atom stereocenters. The maximum atomic E-state index is 12.0. The zero-order valence-corrected chi connectivity index (χ0v) is 13.1. The van der Waals surface area contributed by atoms with E-state index in [1.165, 1.54) is 11.3 Å². The van der Waals surface area contributed by atoms with Crippen LogP contribution >= 0.6 is 22.9 Å². The highest BCUT2D eigenvalue weighted by atomic mass is 35.5. The van der Waals surface area contributed by atoms with Crippen molar-refractivity contribution in [2.24, 2.45) is 0 Å². The molecule has 1 amide bonds. The van der Waals surface area contributed by atoms with Crippen LogP contribution in [0.2, 0.25) is 5.02 Å². The minimum absolute atomic E-state index is 0.177. The third kappa shape index (κ3) is 4.71. The summed E-state index contributed by atoms with van der Waals surface area (Å²) in [6.07, 6.45) is -0.906. The summed E-state index contributed by atoms with van der Waals surface area (Å²) in [5, 5.41) is 13.8. The van der Waals surface area contributed by atoms with Crippen LogP contribution in [0.5, 0.6) is 5.75 Å². The predicted octanol–water partition coefficient (Wildman–Crippen LogP) is 2.83. The Balaban J connectivity index is 1.92. The molecular formula is C14H13ClN2O4S. The molecule has 0 saturated carbocycles. The molecule has 1 heterocycles. The lowest BCUT2D eigenvalue weighted by atomic mass is 10.3. The number of hydrogen-bond donors (Lipinski definition) is 2. The molecule has 0 aliphatic carbocycles. The van der Waals surface area contributed by atoms with Gasteiger partial charge in [-0.15, -0.1) is 11.3 Å². The van der Waals surface area contributed by atoms with Crippen LogP contribution in [-0.4, -0.2) is 28.1 Å². The first-order valence-electron chi connectivity index (χ1n) is 6.33. The summed E-state index contributed by atoms with van der Waals surface area (Å²) in [7, 11) is 0. The van der Waals surface area contributed by atoms with Gasteiger partial charge in [0.1, 0.15) is 5.75 Å². The minimum atomic E-state index is -0.970. The molecule has 2 N–H and O–H groups in total. The maximum Gasteiger partial charge on any atom is 0.309 e. The number of carboxylic acids is 1. The molecule has 0 fully saturated rings. The first-order valence-corrected chi connectivity index (χ1v) is 7.59. The number of aliphatic carboxylic acids is 1. The van der Waals surface area contributed by atoms with Gasteiger partial charge in [0.25, 0.3) is 5.91 Å². The molecule has 1 aromatic carbocycles. The molecule has 1 unspecified atom stereocenters. The normalized spacial score (nSPS) is 11.7. The van der Waals surface area contributed by atoms with E-state index in [0.29, 0.717) is 21.6 Å². The van der Waals surface area contributed by atoms with Crippen LogP contribution in [0.1, 0.15) is 12.6 Å². The number of benzene rings is 1. The third-order valence-corrected chi connectivity index (χ3v) is 3.67. The predicted molar refractivity (Wildman–Crippen MR) is 83.6 cm³/mol. The van der Waals surface area contributed by atoms with Crippen molar-refractivity contribution in [3.05, 3.63) is 40.4 Å². The van der Waals surface area contributed by atoms with Crippen molar-refractivity contribution in [3.63, 3.8) is 0 Å². The molecular weight excluding hydrogens is 328 g/mol. The second kappa shape index (κ2) is 7.24. The highest BCUT2D eigenvalue weighted by Gasteiger charge is 2.16. The zero-order chi connectivity index (χ0) is 16.1. The number of carbonyl (C=O) groups is 2. The Kier molecular flexibility index (Phi) is 5.35. The van der Waals surface area contributed by atoms with Crippen molar-refractivity contribution in [1.29, 1.82) is 0 Å². The number of hydrogen-bond acceptors (Lipinski definition) is 5. The molecule has 6 nitrogen and oxygen atoms in total. The molecule has 2 rings (SSSR count). The molecule has 0 radical (unpaired) electrons. The molecule has 116 valence electrons. The average Bonchev–Trinajstić information content (AvgIpc) is 2.87. The van der Waals surface area contributed by atoms with E-state index in [9.17, 15) is 9.59 Å². The number of rotatable bonds is 6. The van der Waals surface area contributed by atoms with E-state index in [1.54, 1.807) is 36.6 Å². The highest BCUT2D eigenvalue weighted by Crippen LogP contribution is 2.19. The Morgan fingerprint density at radius 3 is 2.73 bits per heavy atom. The monoisotopic (exact) mass is 340 g/mol. The first-order chi connectivity index (χ1) is 10.4. The van der Waals surface area contributed by atoms with Crippen LogP contribution in [-0.2, 0) is 16.0 Å². The minimum Gasteiger partial charge on any atom is -0.481 e. The van der Waals surface area contributed by atoms with E-state index in [2.05, 4.69) is 10.3 Å². The molecule has 1 aromatic heterocycles. The number of nitrogens with one attached hydrogen (secondary N) is 1. The van der Waals surface area contributed by atoms with Crippen LogP contribution in [0.3, 0.4) is 0 Å². The van der Waals surface area contributed by atoms with E-state index in [-0.39, 0.29) is 12.3 Å². The van der Waals surface area contributed by atoms with Crippen LogP contribution in [0.4, 0.5) is 5.13 Å². The van der Waals surface area contributed by atoms with Gasteiger partial charge in [-0.2, -0.15) is 0 Å². The van der Waals surface area contributed by atoms with Gasteiger partial charge >= 0.3 is 5.97 Å². The Morgan fingerprint density at radius 1 is 1.41 bits per heavy atom. The van der Waals surface area contributed by atoms with Crippen molar-refractivity contribution >= 4 is 39.9 Å². The maximum absolute atomic E-state index is 12.0. The Morgan fingerprint density at radius 2 is 2.09 bits per heavy atom. The number of amides is 1. The largest absolute Gasteiger partial charge is 0.481 e. The van der Waals surface area contributed by atoms with Gasteiger partial charge in [-0.3, -0.25) is 14.9 Å². The fraction of sp³-hybridized carbons (Fsp3) is 0.214. The van der Waals surface area contributed by atoms with E-state index >= 15 is 0 Å². The smallest absolute Gasteiger partial charge is 0.309 e. The molecule has 8 heteroatoms. The number of anilines is 1. The summed E-state index contributed by atoms with van der Waals surface area (Å²) in [4.78, 5) is 26.6. The fourth-order valence-electron chi connectivity index (χ4n) is 1.58. The third-order valence-electron chi connectivity index (χ3n) is 2.61. The summed E-state index contributed by atoms with van der Waals surface area (Å²) >= 11 is 6.94. The van der Waals surface area contributed by atoms with Gasteiger partial charge < -0.3 is 9.84 Å². The lowest BCUT2D eigenvalue weighted by Crippen LogP contribution is -2.30. The molecule has 0 saturated heterocycles. The standard InChI is InChI=1S/C14H13ClN2O4S/c1-8(21-11-4-2-9(15)3-5-11)13(20)17-14-16-10(7-22-14)6-12(18)19/h2-5,7-8H,6H2,1H3,(H,18,19)(H,16,17,20). The summed E-state index contributed by atoms with van der Waals surface area (Å²) in [5.41, 5.74) is 0.402. The van der Waals surface area contributed by atoms with Crippen molar-refractivity contribution < 1.29 is 19.4 Å². The summed E-state index contributed by atoms with van der Waals surface area (Å²) in [5.74, 6) is -0.813. The number of carboxylic acid groups (broad SMARTS) is 1. The number of carbonyl (C=O) groups excluding carboxylic acids is 1. The van der Waals surface area contributed by atoms with Gasteiger partial charge in [-0.25, -0.2) is 4.98 Å². The van der Waals surface area contributed by atoms with E-state index in [4.69, 9.17) is 21.4 Å². The Bertz CT molecular complexity index is 672. The number of halogens is 1. The molecule has 0 aliphatic rings. The van der Waals surface area contributed by atoms with Crippen LogP contribution in [0, 0.1) is 0 Å². The van der Waals surface area contributed by atoms with E-state index < -0.39 is 12.1 Å². The van der Waals surface area contributed by atoms with E-state index in [1.807, 2.05) is 0 Å². The number of aromatic nitrogens is 1. The summed E-state index contributed by atoms with van der Waals surface area (Å²) in [6.45, 7) is 1.61. The quantitative estimate of drug-likeness (QED) is 0.844. The number of thiazole rings is 1. The Labute approximate surface area is 135 Å². The lowest BCUT2D eigenvalue weighted by molar-refractivity contribution is -0.136. The molecule has 0 bridgehead atoms. The average molecular weight is 341 g/mol. The molecule has 0 aliphatic heterocycles. The molecule has 0 spiro atoms. The topological polar surface area (TPSA) is 88.5 Å². The van der Waals surface area contributed by atoms with Crippen molar-refractivity contribution in [3.8, 4) is 5.75 Å². The van der Waals surface area contributed by atoms with Gasteiger partial charge in [-0.1, -0.05) is 11.6 Å². The SMILES string of the molecule is CC(Oc1ccc(Cl)cc1)C(=O)Nc1nc(CC(=O)O)cs1. The molecule has 22 heavy (non-hydrogen) atoms. The van der Waals surface area contributed by atoms with Gasteiger partial charge in [0.05, 0.1) is 12.1 Å². The van der Waals surface area contributed by atoms with E-state index in [0.717, 1.165) is 0 Å². The Hall–Kier alpha value is -2.12. The van der Waals surface area contributed by atoms with Crippen LogP contribution < -0.4 is 10.1 Å². The van der Waals surface area contributed by atoms with Gasteiger partial charge in [0, 0.05) is 10.4 Å². The second-order valence-electron chi connectivity index (χ2n) is 4.42. The van der Waals surface area contributed by atoms with Crippen LogP contribution in [0.25, 0.3) is 0 Å². The number of ether oxygens (including phenoxy) is 1. The highest BCUT2D eigenvalue weighted by molar-refractivity contribution is 7.13. The second-order valence-corrected chi connectivity index (χ2v) is 5.71. The van der Waals surface area contributed by atoms with Crippen molar-refractivity contribution in [2.45, 2.75) is 19.4 Å². The first kappa shape index (κ1) is 16.3. The van der Waals surface area contributed by atoms with Gasteiger partial charge in [-0.05, 0) is 31.2 Å². The fourth-order valence-corrected chi connectivity index (χ4v) is 2.42. The van der Waals surface area contributed by atoms with Crippen LogP contribution in [0.15, 0.2) is 29.6 Å². The summed E-state index contributed by atoms with van der Waals surface area (Å²) < 4.78 is 5.49. The lowest BCUT2D eigenvalue weighted by Gasteiger charge is -2.13. The van der Waals surface area contributed by atoms with Crippen molar-refractivity contribution in [2.75, 3.05) is 5.32 Å². The molecule has 2 aromatic rings. The number of nitrogens with zero attached hydrogens (tertiary/aromatic N) is 1. The zero-order valence-electron chi connectivity index (χ0n) is 11.6. The van der Waals surface area contributed by atoms with Gasteiger partial charge in [0.15, 0.2) is 11.2 Å². The van der Waals surface area contributed by atoms with Gasteiger partial charge in [0.2, 0.25) is 0 Å². The van der Waals surface area contributed by atoms with Crippen molar-refractivity contribution in [1.82, 2.24) is 4.98 Å². The summed E-state index contributed by atoms with van der Waals surface area (Å²) in [6, 6.07) is 6.67.